The van der Waals surface area contributed by atoms with Crippen LogP contribution < -0.4 is 10.9 Å². The topological polar surface area (TPSA) is 80.9 Å². The van der Waals surface area contributed by atoms with Crippen molar-refractivity contribution in [2.45, 2.75) is 65.0 Å². The number of rotatable bonds is 5. The highest BCUT2D eigenvalue weighted by Gasteiger charge is 2.24. The SMILES string of the molecule is CC(C)n1c(=O)c2ccc(Nc3ccc4c(c3)CC(N(C)C)C4)nc2n1-c1ccnc(C(C)(C)C)n1. The molecule has 1 aliphatic carbocycles. The Morgan fingerprint density at radius 3 is 2.47 bits per heavy atom. The third-order valence-corrected chi connectivity index (χ3v) is 6.87. The lowest BCUT2D eigenvalue weighted by Gasteiger charge is -2.19. The minimum atomic E-state index is -0.221. The Hall–Kier alpha value is -3.52. The standard InChI is InChI=1S/C28H35N7O/c1-17(2)34-26(36)22-10-11-23(30-20-9-8-18-15-21(33(6)7)16-19(18)14-20)31-25(22)35(34)24-12-13-29-27(32-24)28(3,4)5/h8-14,17,21H,15-16H2,1-7H3,(H,30,31). The van der Waals surface area contributed by atoms with Gasteiger partial charge in [-0.15, -0.1) is 0 Å². The summed E-state index contributed by atoms with van der Waals surface area (Å²) in [5.74, 6) is 2.03. The molecule has 0 saturated carbocycles. The zero-order valence-corrected chi connectivity index (χ0v) is 22.2. The molecule has 4 aromatic rings. The molecule has 1 N–H and O–H groups in total. The second-order valence-corrected chi connectivity index (χ2v) is 11.2. The Morgan fingerprint density at radius 2 is 1.78 bits per heavy atom. The second kappa shape index (κ2) is 8.85. The van der Waals surface area contributed by atoms with Crippen LogP contribution in [0.15, 0.2) is 47.4 Å². The first-order valence-electron chi connectivity index (χ1n) is 12.6. The lowest BCUT2D eigenvalue weighted by Crippen LogP contribution is -2.27. The van der Waals surface area contributed by atoms with Crippen molar-refractivity contribution in [1.29, 1.82) is 0 Å². The van der Waals surface area contributed by atoms with E-state index in [4.69, 9.17) is 9.97 Å². The summed E-state index contributed by atoms with van der Waals surface area (Å²) >= 11 is 0. The normalized spacial score (nSPS) is 15.8. The molecule has 3 heterocycles. The van der Waals surface area contributed by atoms with Gasteiger partial charge in [0, 0.05) is 35.4 Å². The van der Waals surface area contributed by atoms with Crippen molar-refractivity contribution in [2.24, 2.45) is 0 Å². The minimum Gasteiger partial charge on any atom is -0.340 e. The Balaban J connectivity index is 1.58. The molecular weight excluding hydrogens is 450 g/mol. The number of aromatic nitrogens is 5. The molecule has 5 rings (SSSR count). The van der Waals surface area contributed by atoms with Gasteiger partial charge in [-0.25, -0.2) is 24.3 Å². The average molecular weight is 486 g/mol. The van der Waals surface area contributed by atoms with Crippen molar-refractivity contribution < 1.29 is 0 Å². The summed E-state index contributed by atoms with van der Waals surface area (Å²) in [6.07, 6.45) is 3.87. The van der Waals surface area contributed by atoms with E-state index in [-0.39, 0.29) is 17.0 Å². The molecule has 0 radical (unpaired) electrons. The Labute approximate surface area is 212 Å². The number of nitrogens with zero attached hydrogens (tertiary/aromatic N) is 6. The van der Waals surface area contributed by atoms with E-state index in [0.717, 1.165) is 18.5 Å². The molecule has 0 fully saturated rings. The maximum atomic E-state index is 13.4. The van der Waals surface area contributed by atoms with E-state index in [0.29, 0.717) is 34.5 Å². The largest absolute Gasteiger partial charge is 0.340 e. The molecular formula is C28H35N7O. The maximum absolute atomic E-state index is 13.4. The van der Waals surface area contributed by atoms with Crippen LogP contribution in [0.4, 0.5) is 11.5 Å². The van der Waals surface area contributed by atoms with Crippen LogP contribution in [-0.2, 0) is 18.3 Å². The van der Waals surface area contributed by atoms with Gasteiger partial charge >= 0.3 is 0 Å². The molecule has 188 valence electrons. The highest BCUT2D eigenvalue weighted by Crippen LogP contribution is 2.29. The van der Waals surface area contributed by atoms with Crippen molar-refractivity contribution in [3.63, 3.8) is 0 Å². The van der Waals surface area contributed by atoms with Gasteiger partial charge in [-0.3, -0.25) is 4.79 Å². The molecule has 1 unspecified atom stereocenters. The maximum Gasteiger partial charge on any atom is 0.276 e. The zero-order valence-electron chi connectivity index (χ0n) is 22.2. The fourth-order valence-electron chi connectivity index (χ4n) is 4.86. The predicted octanol–water partition coefficient (Wildman–Crippen LogP) is 4.63. The molecule has 1 aromatic carbocycles. The van der Waals surface area contributed by atoms with Crippen LogP contribution in [0, 0.1) is 0 Å². The van der Waals surface area contributed by atoms with Crippen LogP contribution in [0.5, 0.6) is 0 Å². The van der Waals surface area contributed by atoms with Gasteiger partial charge in [0.15, 0.2) is 11.5 Å². The summed E-state index contributed by atoms with van der Waals surface area (Å²) in [6, 6.07) is 12.6. The third-order valence-electron chi connectivity index (χ3n) is 6.87. The van der Waals surface area contributed by atoms with Crippen LogP contribution >= 0.6 is 0 Å². The van der Waals surface area contributed by atoms with Crippen molar-refractivity contribution >= 4 is 22.5 Å². The molecule has 0 saturated heterocycles. The highest BCUT2D eigenvalue weighted by molar-refractivity contribution is 5.79. The summed E-state index contributed by atoms with van der Waals surface area (Å²) in [5.41, 5.74) is 4.05. The highest BCUT2D eigenvalue weighted by atomic mass is 16.1. The van der Waals surface area contributed by atoms with Crippen molar-refractivity contribution in [2.75, 3.05) is 19.4 Å². The van der Waals surface area contributed by atoms with E-state index in [9.17, 15) is 4.79 Å². The molecule has 1 aliphatic rings. The Morgan fingerprint density at radius 1 is 1.03 bits per heavy atom. The van der Waals surface area contributed by atoms with Gasteiger partial charge < -0.3 is 10.2 Å². The predicted molar refractivity (Wildman–Crippen MR) is 145 cm³/mol. The number of hydrogen-bond acceptors (Lipinski definition) is 6. The van der Waals surface area contributed by atoms with Crippen LogP contribution in [0.2, 0.25) is 0 Å². The number of pyridine rings is 1. The first-order chi connectivity index (χ1) is 17.0. The fourth-order valence-corrected chi connectivity index (χ4v) is 4.86. The lowest BCUT2D eigenvalue weighted by atomic mass is 9.96. The van der Waals surface area contributed by atoms with Gasteiger partial charge in [0.1, 0.15) is 11.6 Å². The van der Waals surface area contributed by atoms with E-state index in [1.54, 1.807) is 10.9 Å². The molecule has 0 spiro atoms. The summed E-state index contributed by atoms with van der Waals surface area (Å²) in [7, 11) is 4.28. The van der Waals surface area contributed by atoms with E-state index in [2.05, 4.69) is 68.3 Å². The van der Waals surface area contributed by atoms with Gasteiger partial charge in [0.05, 0.1) is 5.39 Å². The smallest absolute Gasteiger partial charge is 0.276 e. The summed E-state index contributed by atoms with van der Waals surface area (Å²) in [6.45, 7) is 10.2. The molecule has 0 bridgehead atoms. The molecule has 36 heavy (non-hydrogen) atoms. The number of likely N-dealkylation sites (N-methyl/N-ethyl adjacent to an activating group) is 1. The number of fused-ring (bicyclic) bond motifs is 2. The van der Waals surface area contributed by atoms with Gasteiger partial charge in [0.25, 0.3) is 5.56 Å². The van der Waals surface area contributed by atoms with Gasteiger partial charge in [-0.1, -0.05) is 26.8 Å². The molecule has 0 aliphatic heterocycles. The lowest BCUT2D eigenvalue weighted by molar-refractivity contribution is 0.303. The average Bonchev–Trinajstić information content (AvgIpc) is 3.37. The van der Waals surface area contributed by atoms with Crippen LogP contribution in [0.1, 0.15) is 57.6 Å². The van der Waals surface area contributed by atoms with Gasteiger partial charge in [-0.2, -0.15) is 0 Å². The molecule has 0 amide bonds. The van der Waals surface area contributed by atoms with Gasteiger partial charge in [-0.05, 0) is 76.2 Å². The number of benzene rings is 1. The fraction of sp³-hybridized carbons (Fsp3) is 0.429. The van der Waals surface area contributed by atoms with E-state index >= 15 is 0 Å². The van der Waals surface area contributed by atoms with Gasteiger partial charge in [0.2, 0.25) is 0 Å². The van der Waals surface area contributed by atoms with E-state index < -0.39 is 0 Å². The zero-order chi connectivity index (χ0) is 25.8. The summed E-state index contributed by atoms with van der Waals surface area (Å²) in [4.78, 5) is 29.8. The minimum absolute atomic E-state index is 0.0717. The number of nitrogens with one attached hydrogen (secondary N) is 1. The van der Waals surface area contributed by atoms with Crippen molar-refractivity contribution in [3.05, 3.63) is 69.9 Å². The molecule has 1 atom stereocenters. The molecule has 8 heteroatoms. The third kappa shape index (κ3) is 4.30. The molecule has 3 aromatic heterocycles. The monoisotopic (exact) mass is 485 g/mol. The number of anilines is 2. The Bertz CT molecular complexity index is 1490. The van der Waals surface area contributed by atoms with Crippen LogP contribution in [0.25, 0.3) is 16.9 Å². The quantitative estimate of drug-likeness (QED) is 0.444. The first-order valence-corrected chi connectivity index (χ1v) is 12.6. The van der Waals surface area contributed by atoms with Crippen molar-refractivity contribution in [1.82, 2.24) is 29.2 Å². The first kappa shape index (κ1) is 24.2. The summed E-state index contributed by atoms with van der Waals surface area (Å²) < 4.78 is 3.54. The summed E-state index contributed by atoms with van der Waals surface area (Å²) in [5, 5.41) is 4.02. The number of hydrogen-bond donors (Lipinski definition) is 1. The Kier molecular flexibility index (Phi) is 5.95. The van der Waals surface area contributed by atoms with Crippen molar-refractivity contribution in [3.8, 4) is 5.82 Å². The van der Waals surface area contributed by atoms with Crippen LogP contribution in [-0.4, -0.2) is 49.4 Å². The van der Waals surface area contributed by atoms with E-state index in [1.807, 2.05) is 36.7 Å². The second-order valence-electron chi connectivity index (χ2n) is 11.2. The van der Waals surface area contributed by atoms with Crippen LogP contribution in [0.3, 0.4) is 0 Å². The molecule has 8 nitrogen and oxygen atoms in total. The van der Waals surface area contributed by atoms with E-state index in [1.165, 1.54) is 11.1 Å².